The van der Waals surface area contributed by atoms with Crippen LogP contribution in [0.3, 0.4) is 0 Å². The molecule has 1 amide bonds. The van der Waals surface area contributed by atoms with Crippen molar-refractivity contribution in [2.75, 3.05) is 6.54 Å². The second kappa shape index (κ2) is 6.38. The molecule has 3 aromatic rings. The lowest BCUT2D eigenvalue weighted by molar-refractivity contribution is -0.128. The van der Waals surface area contributed by atoms with Gasteiger partial charge in [-0.3, -0.25) is 9.59 Å². The summed E-state index contributed by atoms with van der Waals surface area (Å²) in [5, 5.41) is 9.09. The van der Waals surface area contributed by atoms with Crippen molar-refractivity contribution in [3.63, 3.8) is 0 Å². The zero-order valence-corrected chi connectivity index (χ0v) is 14.5. The van der Waals surface area contributed by atoms with Crippen LogP contribution in [0, 0.1) is 0 Å². The number of likely N-dealkylation sites (tertiary alicyclic amines) is 1. The van der Waals surface area contributed by atoms with E-state index in [1.165, 1.54) is 6.07 Å². The van der Waals surface area contributed by atoms with Crippen LogP contribution in [0.5, 0.6) is 0 Å². The Morgan fingerprint density at radius 1 is 1.31 bits per heavy atom. The lowest BCUT2D eigenvalue weighted by Gasteiger charge is -2.15. The summed E-state index contributed by atoms with van der Waals surface area (Å²) in [7, 11) is 0. The van der Waals surface area contributed by atoms with E-state index in [9.17, 15) is 14.4 Å². The number of carboxylic acid groups (broad SMARTS) is 1. The lowest BCUT2D eigenvalue weighted by atomic mass is 10.1. The van der Waals surface area contributed by atoms with Crippen LogP contribution in [0.25, 0.3) is 21.6 Å². The molecule has 0 aliphatic carbocycles. The number of H-pyrrole nitrogens is 1. The van der Waals surface area contributed by atoms with Crippen molar-refractivity contribution in [2.24, 2.45) is 0 Å². The Morgan fingerprint density at radius 2 is 2.15 bits per heavy atom. The smallest absolute Gasteiger partial charge is 0.345 e. The minimum atomic E-state index is -1.08. The number of hydrogen-bond donors (Lipinski definition) is 2. The highest BCUT2D eigenvalue weighted by molar-refractivity contribution is 7.20. The molecule has 0 radical (unpaired) electrons. The van der Waals surface area contributed by atoms with Gasteiger partial charge in [-0.05, 0) is 24.1 Å². The maximum Gasteiger partial charge on any atom is 0.345 e. The van der Waals surface area contributed by atoms with Gasteiger partial charge in [0.15, 0.2) is 0 Å². The molecule has 1 aromatic carbocycles. The third-order valence-electron chi connectivity index (χ3n) is 4.34. The molecule has 1 fully saturated rings. The molecule has 2 N–H and O–H groups in total. The fraction of sp³-hybridized carbons (Fsp3) is 0.222. The number of hydrogen-bond acceptors (Lipinski definition) is 5. The summed E-state index contributed by atoms with van der Waals surface area (Å²) in [4.78, 5) is 44.2. The summed E-state index contributed by atoms with van der Waals surface area (Å²) in [5.41, 5.74) is 1.68. The molecule has 3 heterocycles. The monoisotopic (exact) mass is 369 g/mol. The highest BCUT2D eigenvalue weighted by atomic mass is 32.1. The molecule has 0 spiro atoms. The van der Waals surface area contributed by atoms with Gasteiger partial charge in [0, 0.05) is 25.1 Å². The summed E-state index contributed by atoms with van der Waals surface area (Å²) in [6.45, 7) is 1.29. The van der Waals surface area contributed by atoms with Crippen LogP contribution in [0.2, 0.25) is 0 Å². The van der Waals surface area contributed by atoms with Crippen molar-refractivity contribution in [3.8, 4) is 11.4 Å². The fourth-order valence-corrected chi connectivity index (χ4v) is 3.92. The number of amides is 1. The number of nitrogens with zero attached hydrogens (tertiary/aromatic N) is 2. The van der Waals surface area contributed by atoms with E-state index >= 15 is 0 Å². The molecule has 0 atom stereocenters. The van der Waals surface area contributed by atoms with Gasteiger partial charge in [-0.2, -0.15) is 0 Å². The Morgan fingerprint density at radius 3 is 2.88 bits per heavy atom. The number of carboxylic acids is 1. The molecule has 2 aromatic heterocycles. The first kappa shape index (κ1) is 16.5. The van der Waals surface area contributed by atoms with Crippen LogP contribution in [-0.4, -0.2) is 38.4 Å². The Bertz CT molecular complexity index is 1090. The van der Waals surface area contributed by atoms with Crippen molar-refractivity contribution in [3.05, 3.63) is 51.1 Å². The Labute approximate surface area is 151 Å². The summed E-state index contributed by atoms with van der Waals surface area (Å²) in [5.74, 6) is -0.541. The summed E-state index contributed by atoms with van der Waals surface area (Å²) < 4.78 is 0.296. The molecule has 132 valence electrons. The van der Waals surface area contributed by atoms with Gasteiger partial charge in [0.25, 0.3) is 5.56 Å². The van der Waals surface area contributed by atoms with Gasteiger partial charge >= 0.3 is 5.97 Å². The standard InChI is InChI=1S/C18H15N3O4S/c22-14-5-2-6-21(14)9-10-3-1-4-11(7-10)16-19-12-8-13(18(24)25)26-15(12)17(23)20-16/h1,3-4,7-8H,2,5-6,9H2,(H,24,25)(H,19,20,23). The predicted octanol–water partition coefficient (Wildman–Crippen LogP) is 2.47. The zero-order chi connectivity index (χ0) is 18.3. The van der Waals surface area contributed by atoms with E-state index in [4.69, 9.17) is 5.11 Å². The first-order chi connectivity index (χ1) is 12.5. The van der Waals surface area contributed by atoms with E-state index in [-0.39, 0.29) is 16.3 Å². The SMILES string of the molecule is O=C(O)c1cc2nc(-c3cccc(CN4CCCC4=O)c3)[nH]c(=O)c2s1. The third-order valence-corrected chi connectivity index (χ3v) is 5.45. The largest absolute Gasteiger partial charge is 0.477 e. The normalized spacial score (nSPS) is 14.3. The molecule has 26 heavy (non-hydrogen) atoms. The topological polar surface area (TPSA) is 103 Å². The predicted molar refractivity (Wildman–Crippen MR) is 97.3 cm³/mol. The van der Waals surface area contributed by atoms with Crippen molar-refractivity contribution in [1.29, 1.82) is 0 Å². The molecule has 7 nitrogen and oxygen atoms in total. The Balaban J connectivity index is 1.71. The molecular formula is C18H15N3O4S. The van der Waals surface area contributed by atoms with Crippen molar-refractivity contribution in [2.45, 2.75) is 19.4 Å². The molecule has 8 heteroatoms. The van der Waals surface area contributed by atoms with Gasteiger partial charge in [0.05, 0.1) is 5.52 Å². The molecule has 1 saturated heterocycles. The number of carbonyl (C=O) groups is 2. The van der Waals surface area contributed by atoms with Gasteiger partial charge in [-0.15, -0.1) is 11.3 Å². The Hall–Kier alpha value is -3.00. The van der Waals surface area contributed by atoms with Gasteiger partial charge < -0.3 is 15.0 Å². The third kappa shape index (κ3) is 2.99. The molecule has 1 aliphatic rings. The first-order valence-corrected chi connectivity index (χ1v) is 8.97. The Kier molecular flexibility index (Phi) is 4.04. The van der Waals surface area contributed by atoms with E-state index < -0.39 is 5.97 Å². The van der Waals surface area contributed by atoms with Crippen LogP contribution in [-0.2, 0) is 11.3 Å². The summed E-state index contributed by atoms with van der Waals surface area (Å²) >= 11 is 0.911. The molecule has 1 aliphatic heterocycles. The number of fused-ring (bicyclic) bond motifs is 1. The molecule has 0 saturated carbocycles. The lowest BCUT2D eigenvalue weighted by Crippen LogP contribution is -2.23. The molecule has 0 unspecified atom stereocenters. The number of aromatic carboxylic acids is 1. The fourth-order valence-electron chi connectivity index (χ4n) is 3.09. The van der Waals surface area contributed by atoms with Crippen molar-refractivity contribution >= 4 is 33.4 Å². The van der Waals surface area contributed by atoms with Crippen molar-refractivity contribution < 1.29 is 14.7 Å². The summed E-state index contributed by atoms with van der Waals surface area (Å²) in [6, 6.07) is 8.91. The maximum atomic E-state index is 12.3. The average Bonchev–Trinajstić information content (AvgIpc) is 3.22. The number of thiophene rings is 1. The number of aromatic amines is 1. The van der Waals surface area contributed by atoms with Gasteiger partial charge in [0.1, 0.15) is 15.4 Å². The van der Waals surface area contributed by atoms with E-state index in [0.29, 0.717) is 29.0 Å². The molecule has 0 bridgehead atoms. The highest BCUT2D eigenvalue weighted by Crippen LogP contribution is 2.24. The number of benzene rings is 1. The summed E-state index contributed by atoms with van der Waals surface area (Å²) in [6.07, 6.45) is 1.48. The maximum absolute atomic E-state index is 12.3. The van der Waals surface area contributed by atoms with Crippen LogP contribution < -0.4 is 5.56 Å². The van der Waals surface area contributed by atoms with Crippen LogP contribution in [0.1, 0.15) is 28.1 Å². The van der Waals surface area contributed by atoms with E-state index in [2.05, 4.69) is 9.97 Å². The van der Waals surface area contributed by atoms with Crippen molar-refractivity contribution in [1.82, 2.24) is 14.9 Å². The number of nitrogens with one attached hydrogen (secondary N) is 1. The van der Waals surface area contributed by atoms with E-state index in [1.54, 1.807) is 0 Å². The van der Waals surface area contributed by atoms with Gasteiger partial charge in [-0.1, -0.05) is 18.2 Å². The van der Waals surface area contributed by atoms with E-state index in [0.717, 1.165) is 35.4 Å². The second-order valence-electron chi connectivity index (χ2n) is 6.16. The van der Waals surface area contributed by atoms with Crippen LogP contribution in [0.15, 0.2) is 35.1 Å². The minimum Gasteiger partial charge on any atom is -0.477 e. The second-order valence-corrected chi connectivity index (χ2v) is 7.22. The number of rotatable bonds is 4. The zero-order valence-electron chi connectivity index (χ0n) is 13.7. The van der Waals surface area contributed by atoms with Gasteiger partial charge in [0.2, 0.25) is 5.91 Å². The molecular weight excluding hydrogens is 354 g/mol. The minimum absolute atomic E-state index is 0.0800. The van der Waals surface area contributed by atoms with Gasteiger partial charge in [-0.25, -0.2) is 9.78 Å². The van der Waals surface area contributed by atoms with Crippen LogP contribution in [0.4, 0.5) is 0 Å². The number of carbonyl (C=O) groups excluding carboxylic acids is 1. The average molecular weight is 369 g/mol. The van der Waals surface area contributed by atoms with Crippen LogP contribution >= 0.6 is 11.3 Å². The van der Waals surface area contributed by atoms with E-state index in [1.807, 2.05) is 29.2 Å². The highest BCUT2D eigenvalue weighted by Gasteiger charge is 2.20. The number of aromatic nitrogens is 2. The first-order valence-electron chi connectivity index (χ1n) is 8.15. The molecule has 4 rings (SSSR count). The quantitative estimate of drug-likeness (QED) is 0.735.